The third kappa shape index (κ3) is 4.67. The van der Waals surface area contributed by atoms with E-state index in [-0.39, 0.29) is 5.82 Å². The predicted molar refractivity (Wildman–Crippen MR) is 107 cm³/mol. The standard InChI is InChI=1S/C18H18BrFN4O2S/c1-11-22-23-18(27)24(11)21-9-13-7-16(25-2)17(8-15(13)19)26-10-12-3-5-14(20)6-4-12/h3-8,21H,9-10H2,1-2H3,(H,23,27). The molecule has 142 valence electrons. The fraction of sp³-hybridized carbons (Fsp3) is 0.222. The maximum atomic E-state index is 13.0. The molecule has 3 rings (SSSR count). The minimum atomic E-state index is -0.274. The number of nitrogens with one attached hydrogen (secondary N) is 2. The molecular formula is C18H18BrFN4O2S. The molecule has 0 aliphatic carbocycles. The normalized spacial score (nSPS) is 10.7. The number of halogens is 2. The molecule has 0 saturated heterocycles. The molecular weight excluding hydrogens is 435 g/mol. The Morgan fingerprint density at radius 1 is 1.26 bits per heavy atom. The fourth-order valence-corrected chi connectivity index (χ4v) is 3.16. The number of aromatic nitrogens is 3. The van der Waals surface area contributed by atoms with E-state index in [2.05, 4.69) is 31.6 Å². The lowest BCUT2D eigenvalue weighted by Crippen LogP contribution is -2.16. The molecule has 9 heteroatoms. The number of hydrogen-bond donors (Lipinski definition) is 2. The van der Waals surface area contributed by atoms with Crippen LogP contribution >= 0.6 is 28.1 Å². The number of nitrogens with zero attached hydrogens (tertiary/aromatic N) is 2. The summed E-state index contributed by atoms with van der Waals surface area (Å²) in [5, 5.41) is 6.79. The maximum absolute atomic E-state index is 13.0. The number of rotatable bonds is 7. The lowest BCUT2D eigenvalue weighted by molar-refractivity contribution is 0.284. The van der Waals surface area contributed by atoms with Crippen molar-refractivity contribution >= 4 is 28.1 Å². The first kappa shape index (κ1) is 19.4. The Kier molecular flexibility index (Phi) is 6.12. The Bertz CT molecular complexity index is 988. The van der Waals surface area contributed by atoms with E-state index in [0.29, 0.717) is 29.4 Å². The van der Waals surface area contributed by atoms with E-state index in [9.17, 15) is 4.39 Å². The Hall–Kier alpha value is -2.39. The monoisotopic (exact) mass is 452 g/mol. The van der Waals surface area contributed by atoms with Crippen LogP contribution in [0.15, 0.2) is 40.9 Å². The third-order valence-corrected chi connectivity index (χ3v) is 4.92. The molecule has 27 heavy (non-hydrogen) atoms. The lowest BCUT2D eigenvalue weighted by atomic mass is 10.2. The van der Waals surface area contributed by atoms with Crippen LogP contribution < -0.4 is 14.9 Å². The predicted octanol–water partition coefficient (Wildman–Crippen LogP) is 4.48. The van der Waals surface area contributed by atoms with Gasteiger partial charge in [0.15, 0.2) is 11.5 Å². The van der Waals surface area contributed by atoms with E-state index in [1.807, 2.05) is 19.1 Å². The van der Waals surface area contributed by atoms with Crippen molar-refractivity contribution in [3.05, 3.63) is 68.4 Å². The van der Waals surface area contributed by atoms with E-state index in [4.69, 9.17) is 21.7 Å². The van der Waals surface area contributed by atoms with E-state index < -0.39 is 0 Å². The summed E-state index contributed by atoms with van der Waals surface area (Å²) in [6.45, 7) is 2.66. The van der Waals surface area contributed by atoms with Crippen molar-refractivity contribution in [3.63, 3.8) is 0 Å². The van der Waals surface area contributed by atoms with Crippen molar-refractivity contribution in [2.75, 3.05) is 12.5 Å². The Labute approximate surface area is 169 Å². The molecule has 0 aliphatic rings. The van der Waals surface area contributed by atoms with Gasteiger partial charge in [-0.15, -0.1) is 0 Å². The van der Waals surface area contributed by atoms with Crippen LogP contribution in [0, 0.1) is 17.5 Å². The van der Waals surface area contributed by atoms with E-state index >= 15 is 0 Å². The van der Waals surface area contributed by atoms with Gasteiger partial charge in [-0.2, -0.15) is 5.10 Å². The van der Waals surface area contributed by atoms with Crippen molar-refractivity contribution in [2.24, 2.45) is 0 Å². The molecule has 2 N–H and O–H groups in total. The smallest absolute Gasteiger partial charge is 0.214 e. The van der Waals surface area contributed by atoms with Gasteiger partial charge < -0.3 is 14.9 Å². The first-order valence-corrected chi connectivity index (χ1v) is 9.29. The van der Waals surface area contributed by atoms with Gasteiger partial charge in [-0.1, -0.05) is 28.1 Å². The largest absolute Gasteiger partial charge is 0.493 e. The Morgan fingerprint density at radius 2 is 2.00 bits per heavy atom. The topological polar surface area (TPSA) is 64.1 Å². The number of H-pyrrole nitrogens is 1. The van der Waals surface area contributed by atoms with Gasteiger partial charge in [0.05, 0.1) is 13.7 Å². The minimum Gasteiger partial charge on any atom is -0.493 e. The number of aryl methyl sites for hydroxylation is 1. The van der Waals surface area contributed by atoms with Gasteiger partial charge in [0.2, 0.25) is 4.77 Å². The zero-order valence-corrected chi connectivity index (χ0v) is 17.2. The highest BCUT2D eigenvalue weighted by Gasteiger charge is 2.11. The molecule has 1 heterocycles. The van der Waals surface area contributed by atoms with Crippen molar-refractivity contribution in [1.82, 2.24) is 14.9 Å². The first-order valence-electron chi connectivity index (χ1n) is 8.09. The summed E-state index contributed by atoms with van der Waals surface area (Å²) in [5.41, 5.74) is 5.04. The molecule has 0 atom stereocenters. The number of ether oxygens (including phenoxy) is 2. The molecule has 0 spiro atoms. The lowest BCUT2D eigenvalue weighted by Gasteiger charge is -2.15. The second-order valence-corrected chi connectivity index (χ2v) is 7.00. The SMILES string of the molecule is COc1cc(CNn2c(C)n[nH]c2=S)c(Br)cc1OCc1ccc(F)cc1. The minimum absolute atomic E-state index is 0.274. The Morgan fingerprint density at radius 3 is 2.63 bits per heavy atom. The number of hydrogen-bond acceptors (Lipinski definition) is 5. The van der Waals surface area contributed by atoms with Crippen LogP contribution in [-0.4, -0.2) is 22.0 Å². The van der Waals surface area contributed by atoms with Crippen molar-refractivity contribution < 1.29 is 13.9 Å². The molecule has 0 bridgehead atoms. The number of aromatic amines is 1. The number of benzene rings is 2. The first-order chi connectivity index (χ1) is 13.0. The summed E-state index contributed by atoms with van der Waals surface area (Å²) >= 11 is 8.75. The quantitative estimate of drug-likeness (QED) is 0.517. The van der Waals surface area contributed by atoms with Crippen LogP contribution in [0.2, 0.25) is 0 Å². The summed E-state index contributed by atoms with van der Waals surface area (Å²) in [4.78, 5) is 0. The van der Waals surface area contributed by atoms with Crippen LogP contribution in [0.3, 0.4) is 0 Å². The van der Waals surface area contributed by atoms with E-state index in [0.717, 1.165) is 21.4 Å². The second kappa shape index (κ2) is 8.53. The number of methoxy groups -OCH3 is 1. The van der Waals surface area contributed by atoms with Gasteiger partial charge in [0.1, 0.15) is 18.2 Å². The van der Waals surface area contributed by atoms with Crippen molar-refractivity contribution in [3.8, 4) is 11.5 Å². The third-order valence-electron chi connectivity index (χ3n) is 3.91. The maximum Gasteiger partial charge on any atom is 0.214 e. The average Bonchev–Trinajstić information content (AvgIpc) is 2.98. The van der Waals surface area contributed by atoms with Gasteiger partial charge in [0.25, 0.3) is 0 Å². The molecule has 6 nitrogen and oxygen atoms in total. The van der Waals surface area contributed by atoms with Crippen LogP contribution in [-0.2, 0) is 13.2 Å². The van der Waals surface area contributed by atoms with Crippen molar-refractivity contribution in [2.45, 2.75) is 20.1 Å². The average molecular weight is 453 g/mol. The van der Waals surface area contributed by atoms with Crippen LogP contribution in [0.25, 0.3) is 0 Å². The van der Waals surface area contributed by atoms with Gasteiger partial charge in [-0.3, -0.25) is 5.10 Å². The van der Waals surface area contributed by atoms with E-state index in [1.165, 1.54) is 12.1 Å². The molecule has 0 unspecified atom stereocenters. The zero-order valence-electron chi connectivity index (χ0n) is 14.8. The molecule has 0 radical (unpaired) electrons. The van der Waals surface area contributed by atoms with Gasteiger partial charge in [-0.25, -0.2) is 9.07 Å². The van der Waals surface area contributed by atoms with Gasteiger partial charge in [-0.05, 0) is 54.5 Å². The zero-order chi connectivity index (χ0) is 19.4. The summed E-state index contributed by atoms with van der Waals surface area (Å²) < 4.78 is 27.4. The summed E-state index contributed by atoms with van der Waals surface area (Å²) in [5.74, 6) is 1.66. The highest BCUT2D eigenvalue weighted by molar-refractivity contribution is 9.10. The van der Waals surface area contributed by atoms with Crippen molar-refractivity contribution in [1.29, 1.82) is 0 Å². The second-order valence-electron chi connectivity index (χ2n) is 5.76. The molecule has 0 fully saturated rings. The Balaban J connectivity index is 1.74. The van der Waals surface area contributed by atoms with Crippen LogP contribution in [0.1, 0.15) is 17.0 Å². The molecule has 2 aromatic carbocycles. The van der Waals surface area contributed by atoms with Crippen LogP contribution in [0.4, 0.5) is 4.39 Å². The van der Waals surface area contributed by atoms with Gasteiger partial charge >= 0.3 is 0 Å². The fourth-order valence-electron chi connectivity index (χ4n) is 2.45. The highest BCUT2D eigenvalue weighted by Crippen LogP contribution is 2.34. The highest BCUT2D eigenvalue weighted by atomic mass is 79.9. The summed E-state index contributed by atoms with van der Waals surface area (Å²) in [6.07, 6.45) is 0. The molecule has 3 aromatic rings. The van der Waals surface area contributed by atoms with Crippen LogP contribution in [0.5, 0.6) is 11.5 Å². The summed E-state index contributed by atoms with van der Waals surface area (Å²) in [6, 6.07) is 9.92. The molecule has 0 saturated carbocycles. The molecule has 0 amide bonds. The summed E-state index contributed by atoms with van der Waals surface area (Å²) in [7, 11) is 1.58. The molecule has 1 aromatic heterocycles. The molecule has 0 aliphatic heterocycles. The van der Waals surface area contributed by atoms with E-state index in [1.54, 1.807) is 23.9 Å². The van der Waals surface area contributed by atoms with Gasteiger partial charge in [0, 0.05) is 4.47 Å².